The second-order valence-corrected chi connectivity index (χ2v) is 7.73. The third-order valence-electron chi connectivity index (χ3n) is 4.22. The van der Waals surface area contributed by atoms with Crippen molar-refractivity contribution in [1.29, 1.82) is 0 Å². The summed E-state index contributed by atoms with van der Waals surface area (Å²) in [6.45, 7) is 5.87. The van der Waals surface area contributed by atoms with Gasteiger partial charge < -0.3 is 9.84 Å². The number of nitrogens with zero attached hydrogens (tertiary/aromatic N) is 3. The van der Waals surface area contributed by atoms with E-state index in [1.54, 1.807) is 25.6 Å². The van der Waals surface area contributed by atoms with Crippen molar-refractivity contribution >= 4 is 23.7 Å². The van der Waals surface area contributed by atoms with Crippen LogP contribution >= 0.6 is 11.8 Å². The number of aryl methyl sites for hydroxylation is 1. The molecule has 0 radical (unpaired) electrons. The van der Waals surface area contributed by atoms with Crippen LogP contribution in [0.2, 0.25) is 0 Å². The molecule has 7 nitrogen and oxygen atoms in total. The minimum Gasteiger partial charge on any atom is -0.338 e. The zero-order chi connectivity index (χ0) is 18.7. The Bertz CT molecular complexity index is 801. The zero-order valence-electron chi connectivity index (χ0n) is 15.1. The van der Waals surface area contributed by atoms with Gasteiger partial charge in [-0.25, -0.2) is 4.79 Å². The maximum Gasteiger partial charge on any atom is 0.325 e. The molecule has 0 bridgehead atoms. The third kappa shape index (κ3) is 3.90. The third-order valence-corrected chi connectivity index (χ3v) is 5.14. The number of rotatable bonds is 7. The second-order valence-electron chi connectivity index (χ2n) is 6.63. The summed E-state index contributed by atoms with van der Waals surface area (Å²) in [5.74, 6) is 2.05. The fourth-order valence-electron chi connectivity index (χ4n) is 2.66. The number of nitrogens with one attached hydrogen (secondary N) is 1. The first-order valence-electron chi connectivity index (χ1n) is 8.54. The molecular weight excluding hydrogens is 352 g/mol. The number of imide groups is 1. The quantitative estimate of drug-likeness (QED) is 0.592. The maximum atomic E-state index is 12.1. The number of carbonyl (C=O) groups is 2. The van der Waals surface area contributed by atoms with E-state index < -0.39 is 5.54 Å². The number of amides is 3. The number of hydrogen-bond donors (Lipinski definition) is 1. The molecule has 0 unspecified atom stereocenters. The molecule has 1 fully saturated rings. The van der Waals surface area contributed by atoms with Gasteiger partial charge in [0.15, 0.2) is 0 Å². The van der Waals surface area contributed by atoms with Gasteiger partial charge in [0.25, 0.3) is 5.91 Å². The SMILES string of the molecule is CCc1ccc(-c2noc(CSCCN3C(=O)NC(C)(C)C3=O)n2)cc1. The molecule has 0 aliphatic carbocycles. The summed E-state index contributed by atoms with van der Waals surface area (Å²) in [7, 11) is 0. The highest BCUT2D eigenvalue weighted by atomic mass is 32.2. The molecule has 2 aromatic rings. The zero-order valence-corrected chi connectivity index (χ0v) is 15.9. The van der Waals surface area contributed by atoms with Gasteiger partial charge in [-0.2, -0.15) is 16.7 Å². The van der Waals surface area contributed by atoms with E-state index in [0.29, 0.717) is 29.8 Å². The number of urea groups is 1. The first-order chi connectivity index (χ1) is 12.4. The first kappa shape index (κ1) is 18.4. The molecule has 0 atom stereocenters. The van der Waals surface area contributed by atoms with Crippen LogP contribution in [0.15, 0.2) is 28.8 Å². The minimum atomic E-state index is -0.823. The van der Waals surface area contributed by atoms with Gasteiger partial charge >= 0.3 is 6.03 Å². The highest BCUT2D eigenvalue weighted by Crippen LogP contribution is 2.20. The molecule has 1 aromatic heterocycles. The van der Waals surface area contributed by atoms with Gasteiger partial charge in [-0.15, -0.1) is 0 Å². The van der Waals surface area contributed by atoms with Gasteiger partial charge in [0.2, 0.25) is 11.7 Å². The normalized spacial score (nSPS) is 16.2. The average molecular weight is 374 g/mol. The molecule has 1 saturated heterocycles. The lowest BCUT2D eigenvalue weighted by atomic mass is 10.1. The van der Waals surface area contributed by atoms with Crippen molar-refractivity contribution in [2.45, 2.75) is 38.5 Å². The molecule has 138 valence electrons. The van der Waals surface area contributed by atoms with Crippen molar-refractivity contribution in [3.05, 3.63) is 35.7 Å². The molecule has 3 amide bonds. The van der Waals surface area contributed by atoms with Crippen LogP contribution in [0.5, 0.6) is 0 Å². The van der Waals surface area contributed by atoms with E-state index in [1.165, 1.54) is 10.5 Å². The van der Waals surface area contributed by atoms with Crippen LogP contribution in [-0.4, -0.2) is 44.8 Å². The van der Waals surface area contributed by atoms with Crippen molar-refractivity contribution < 1.29 is 14.1 Å². The summed E-state index contributed by atoms with van der Waals surface area (Å²) in [4.78, 5) is 29.6. The Hall–Kier alpha value is -2.35. The van der Waals surface area contributed by atoms with Gasteiger partial charge in [0.1, 0.15) is 5.54 Å². The molecule has 1 aromatic carbocycles. The topological polar surface area (TPSA) is 88.3 Å². The van der Waals surface area contributed by atoms with Crippen molar-refractivity contribution in [2.75, 3.05) is 12.3 Å². The molecule has 2 heterocycles. The number of hydrogen-bond acceptors (Lipinski definition) is 6. The summed E-state index contributed by atoms with van der Waals surface area (Å²) in [6.07, 6.45) is 0.989. The molecule has 8 heteroatoms. The van der Waals surface area contributed by atoms with Crippen LogP contribution in [0.1, 0.15) is 32.2 Å². The predicted molar refractivity (Wildman–Crippen MR) is 99.6 cm³/mol. The molecule has 1 aliphatic heterocycles. The fourth-order valence-corrected chi connectivity index (χ4v) is 3.40. The Labute approximate surface area is 156 Å². The van der Waals surface area contributed by atoms with Gasteiger partial charge in [-0.1, -0.05) is 36.3 Å². The lowest BCUT2D eigenvalue weighted by Gasteiger charge is -2.15. The number of aromatic nitrogens is 2. The molecule has 26 heavy (non-hydrogen) atoms. The number of thioether (sulfide) groups is 1. The highest BCUT2D eigenvalue weighted by molar-refractivity contribution is 7.98. The summed E-state index contributed by atoms with van der Waals surface area (Å²) < 4.78 is 5.28. The number of carbonyl (C=O) groups excluding carboxylic acids is 2. The molecule has 1 aliphatic rings. The second kappa shape index (κ2) is 7.49. The van der Waals surface area contributed by atoms with Gasteiger partial charge in [0, 0.05) is 17.9 Å². The highest BCUT2D eigenvalue weighted by Gasteiger charge is 2.43. The predicted octanol–water partition coefficient (Wildman–Crippen LogP) is 2.86. The van der Waals surface area contributed by atoms with Gasteiger partial charge in [-0.3, -0.25) is 9.69 Å². The van der Waals surface area contributed by atoms with Crippen LogP contribution in [0.25, 0.3) is 11.4 Å². The summed E-state index contributed by atoms with van der Waals surface area (Å²) in [5, 5.41) is 6.68. The summed E-state index contributed by atoms with van der Waals surface area (Å²) >= 11 is 1.54. The lowest BCUT2D eigenvalue weighted by Crippen LogP contribution is -2.40. The van der Waals surface area contributed by atoms with Crippen LogP contribution in [-0.2, 0) is 17.0 Å². The van der Waals surface area contributed by atoms with Crippen molar-refractivity contribution in [1.82, 2.24) is 20.4 Å². The minimum absolute atomic E-state index is 0.196. The van der Waals surface area contributed by atoms with E-state index >= 15 is 0 Å². The Morgan fingerprint density at radius 3 is 2.58 bits per heavy atom. The molecule has 3 rings (SSSR count). The first-order valence-corrected chi connectivity index (χ1v) is 9.70. The summed E-state index contributed by atoms with van der Waals surface area (Å²) in [6, 6.07) is 7.75. The Morgan fingerprint density at radius 1 is 1.23 bits per heavy atom. The average Bonchev–Trinajstić information content (AvgIpc) is 3.16. The molecule has 0 saturated carbocycles. The Balaban J connectivity index is 1.49. The van der Waals surface area contributed by atoms with Crippen molar-refractivity contribution in [3.8, 4) is 11.4 Å². The molecule has 0 spiro atoms. The van der Waals surface area contributed by atoms with Gasteiger partial charge in [0.05, 0.1) is 5.75 Å². The van der Waals surface area contributed by atoms with Crippen molar-refractivity contribution in [2.24, 2.45) is 0 Å². The van der Waals surface area contributed by atoms with E-state index in [9.17, 15) is 9.59 Å². The lowest BCUT2D eigenvalue weighted by molar-refractivity contribution is -0.130. The van der Waals surface area contributed by atoms with E-state index in [4.69, 9.17) is 4.52 Å². The van der Waals surface area contributed by atoms with Crippen LogP contribution < -0.4 is 5.32 Å². The Morgan fingerprint density at radius 2 is 1.96 bits per heavy atom. The van der Waals surface area contributed by atoms with Crippen LogP contribution in [0, 0.1) is 0 Å². The standard InChI is InChI=1S/C18H22N4O3S/c1-4-12-5-7-13(8-6-12)15-19-14(25-21-15)11-26-10-9-22-16(23)18(2,3)20-17(22)24/h5-8H,4,9-11H2,1-3H3,(H,20,24). The molecule has 1 N–H and O–H groups in total. The van der Waals surface area contributed by atoms with E-state index in [0.717, 1.165) is 12.0 Å². The maximum absolute atomic E-state index is 12.1. The van der Waals surface area contributed by atoms with E-state index in [2.05, 4.69) is 34.5 Å². The van der Waals surface area contributed by atoms with Gasteiger partial charge in [-0.05, 0) is 25.8 Å². The Kier molecular flexibility index (Phi) is 5.31. The molecular formula is C18H22N4O3S. The smallest absolute Gasteiger partial charge is 0.325 e. The van der Waals surface area contributed by atoms with E-state index in [-0.39, 0.29) is 11.9 Å². The van der Waals surface area contributed by atoms with Crippen LogP contribution in [0.4, 0.5) is 4.79 Å². The number of benzene rings is 1. The van der Waals surface area contributed by atoms with Crippen molar-refractivity contribution in [3.63, 3.8) is 0 Å². The largest absolute Gasteiger partial charge is 0.338 e. The summed E-state index contributed by atoms with van der Waals surface area (Å²) in [5.41, 5.74) is 1.36. The van der Waals surface area contributed by atoms with Crippen LogP contribution in [0.3, 0.4) is 0 Å². The monoisotopic (exact) mass is 374 g/mol. The fraction of sp³-hybridized carbons (Fsp3) is 0.444. The van der Waals surface area contributed by atoms with E-state index in [1.807, 2.05) is 12.1 Å².